The van der Waals surface area contributed by atoms with E-state index in [2.05, 4.69) is 29.3 Å². The largest absolute Gasteiger partial charge is 0.469 e. The van der Waals surface area contributed by atoms with Crippen LogP contribution in [0.1, 0.15) is 76.9 Å². The third kappa shape index (κ3) is 5.94. The highest BCUT2D eigenvalue weighted by Gasteiger charge is 2.29. The highest BCUT2D eigenvalue weighted by Crippen LogP contribution is 2.39. The summed E-state index contributed by atoms with van der Waals surface area (Å²) < 4.78 is 12.7. The number of methoxy groups -OCH3 is 1. The molecule has 4 aromatic rings. The fraction of sp³-hybridized carbons (Fsp3) is 0.412. The second-order valence-electron chi connectivity index (χ2n) is 12.5. The molecule has 2 aromatic heterocycles. The number of nitrogens with two attached hydrogens (primary N) is 1. The van der Waals surface area contributed by atoms with Crippen molar-refractivity contribution in [1.82, 2.24) is 19.3 Å². The number of ether oxygens (including phenoxy) is 2. The number of nitrogens with zero attached hydrogens (tertiary/aromatic N) is 4. The second kappa shape index (κ2) is 11.7. The maximum Gasteiger partial charge on any atom is 0.410 e. The molecule has 2 N–H and O–H groups in total. The third-order valence-electron chi connectivity index (χ3n) is 8.00. The molecule has 0 saturated heterocycles. The number of hydrogen-bond donors (Lipinski definition) is 1. The number of carbonyl (C=O) groups excluding carboxylic acids is 2. The monoisotopic (exact) mass is 583 g/mol. The van der Waals surface area contributed by atoms with Crippen molar-refractivity contribution in [2.45, 2.75) is 77.9 Å². The Morgan fingerprint density at radius 3 is 2.49 bits per heavy atom. The average Bonchev–Trinajstić information content (AvgIpc) is 3.38. The van der Waals surface area contributed by atoms with E-state index in [0.29, 0.717) is 12.2 Å². The van der Waals surface area contributed by atoms with Crippen molar-refractivity contribution in [3.05, 3.63) is 65.8 Å². The summed E-state index contributed by atoms with van der Waals surface area (Å²) in [5.41, 5.74) is 11.5. The van der Waals surface area contributed by atoms with Crippen LogP contribution in [0.25, 0.3) is 33.1 Å². The Bertz CT molecular complexity index is 1730. The molecule has 9 nitrogen and oxygen atoms in total. The van der Waals surface area contributed by atoms with Gasteiger partial charge in [0.1, 0.15) is 28.5 Å². The number of carbonyl (C=O) groups is 2. The summed E-state index contributed by atoms with van der Waals surface area (Å²) in [5.74, 6) is 1.12. The van der Waals surface area contributed by atoms with Gasteiger partial charge < -0.3 is 20.1 Å². The van der Waals surface area contributed by atoms with Gasteiger partial charge in [-0.25, -0.2) is 14.8 Å². The van der Waals surface area contributed by atoms with Crippen LogP contribution >= 0.6 is 0 Å². The lowest BCUT2D eigenvalue weighted by Gasteiger charge is -2.32. The Kier molecular flexibility index (Phi) is 8.18. The smallest absolute Gasteiger partial charge is 0.410 e. The van der Waals surface area contributed by atoms with Gasteiger partial charge in [-0.3, -0.25) is 9.20 Å². The number of benzene rings is 2. The van der Waals surface area contributed by atoms with E-state index in [-0.39, 0.29) is 30.4 Å². The molecule has 5 rings (SSSR count). The Hall–Kier alpha value is -4.40. The van der Waals surface area contributed by atoms with Crippen LogP contribution in [0.2, 0.25) is 0 Å². The number of fused-ring (bicyclic) bond motifs is 2. The molecule has 0 bridgehead atoms. The Labute approximate surface area is 252 Å². The second-order valence-corrected chi connectivity index (χ2v) is 12.5. The van der Waals surface area contributed by atoms with Gasteiger partial charge >= 0.3 is 12.1 Å². The molecule has 1 atom stereocenters. The van der Waals surface area contributed by atoms with Gasteiger partial charge in [-0.05, 0) is 61.9 Å². The number of esters is 1. The molecule has 1 aliphatic rings. The van der Waals surface area contributed by atoms with E-state index < -0.39 is 5.60 Å². The number of hydrogen-bond acceptors (Lipinski definition) is 7. The van der Waals surface area contributed by atoms with Crippen LogP contribution in [0, 0.1) is 0 Å². The first-order chi connectivity index (χ1) is 20.4. The molecule has 1 aliphatic carbocycles. The van der Waals surface area contributed by atoms with Crippen LogP contribution in [0.3, 0.4) is 0 Å². The number of allylic oxidation sites excluding steroid dienone is 1. The number of amides is 1. The lowest BCUT2D eigenvalue weighted by atomic mass is 9.92. The van der Waals surface area contributed by atoms with Crippen LogP contribution in [0.4, 0.5) is 10.6 Å². The Balaban J connectivity index is 1.59. The number of rotatable bonds is 6. The van der Waals surface area contributed by atoms with Crippen molar-refractivity contribution < 1.29 is 19.1 Å². The first kappa shape index (κ1) is 30.1. The SMILES string of the molecule is COC(=O)Cc1ccc(-c2nc(C(C)C)n3c(C4=CCC(N(C)C(=O)OC(C)(C)C)CC4)cnc(N)c23)c2ccccc12. The van der Waals surface area contributed by atoms with Gasteiger partial charge in [0, 0.05) is 24.6 Å². The predicted octanol–water partition coefficient (Wildman–Crippen LogP) is 6.77. The highest BCUT2D eigenvalue weighted by molar-refractivity contribution is 6.03. The molecular weight excluding hydrogens is 542 g/mol. The zero-order chi connectivity index (χ0) is 31.1. The van der Waals surface area contributed by atoms with Gasteiger partial charge in [-0.15, -0.1) is 0 Å². The topological polar surface area (TPSA) is 112 Å². The maximum absolute atomic E-state index is 12.7. The van der Waals surface area contributed by atoms with Crippen LogP contribution in [-0.2, 0) is 20.7 Å². The zero-order valence-corrected chi connectivity index (χ0v) is 26.1. The summed E-state index contributed by atoms with van der Waals surface area (Å²) in [7, 11) is 3.21. The molecule has 9 heteroatoms. The molecule has 226 valence electrons. The van der Waals surface area contributed by atoms with Crippen molar-refractivity contribution in [2.24, 2.45) is 0 Å². The van der Waals surface area contributed by atoms with Crippen molar-refractivity contribution >= 4 is 39.7 Å². The van der Waals surface area contributed by atoms with E-state index >= 15 is 0 Å². The van der Waals surface area contributed by atoms with Gasteiger partial charge in [-0.1, -0.05) is 56.3 Å². The maximum atomic E-state index is 12.7. The number of aromatic nitrogens is 3. The van der Waals surface area contributed by atoms with E-state index in [1.54, 1.807) is 11.9 Å². The van der Waals surface area contributed by atoms with Gasteiger partial charge in [0.05, 0.1) is 25.4 Å². The minimum Gasteiger partial charge on any atom is -0.469 e. The van der Waals surface area contributed by atoms with Crippen LogP contribution in [0.15, 0.2) is 48.7 Å². The quantitative estimate of drug-likeness (QED) is 0.249. The number of imidazole rings is 1. The fourth-order valence-electron chi connectivity index (χ4n) is 5.81. The third-order valence-corrected chi connectivity index (χ3v) is 8.00. The van der Waals surface area contributed by atoms with Crippen LogP contribution < -0.4 is 5.73 Å². The minimum absolute atomic E-state index is 0.0496. The fourth-order valence-corrected chi connectivity index (χ4v) is 5.81. The van der Waals surface area contributed by atoms with E-state index in [4.69, 9.17) is 20.2 Å². The van der Waals surface area contributed by atoms with E-state index in [1.165, 1.54) is 7.11 Å². The van der Waals surface area contributed by atoms with Crippen LogP contribution in [0.5, 0.6) is 0 Å². The first-order valence-electron chi connectivity index (χ1n) is 14.8. The minimum atomic E-state index is -0.540. The Morgan fingerprint density at radius 1 is 1.14 bits per heavy atom. The molecule has 1 amide bonds. The van der Waals surface area contributed by atoms with E-state index in [9.17, 15) is 9.59 Å². The molecule has 0 spiro atoms. The molecule has 0 radical (unpaired) electrons. The van der Waals surface area contributed by atoms with Crippen molar-refractivity contribution in [3.63, 3.8) is 0 Å². The predicted molar refractivity (Wildman–Crippen MR) is 170 cm³/mol. The van der Waals surface area contributed by atoms with Crippen LogP contribution in [-0.4, -0.2) is 57.1 Å². The lowest BCUT2D eigenvalue weighted by Crippen LogP contribution is -2.41. The van der Waals surface area contributed by atoms with E-state index in [0.717, 1.165) is 63.0 Å². The summed E-state index contributed by atoms with van der Waals surface area (Å²) in [4.78, 5) is 36.3. The summed E-state index contributed by atoms with van der Waals surface area (Å²) in [5, 5.41) is 1.95. The van der Waals surface area contributed by atoms with E-state index in [1.807, 2.05) is 63.4 Å². The Morgan fingerprint density at radius 2 is 1.86 bits per heavy atom. The molecular formula is C34H41N5O4. The first-order valence-corrected chi connectivity index (χ1v) is 14.8. The molecule has 0 saturated carbocycles. The van der Waals surface area contributed by atoms with Crippen molar-refractivity contribution in [3.8, 4) is 11.3 Å². The summed E-state index contributed by atoms with van der Waals surface area (Å²) in [6, 6.07) is 12.0. The molecule has 43 heavy (non-hydrogen) atoms. The van der Waals surface area contributed by atoms with Gasteiger partial charge in [0.2, 0.25) is 0 Å². The normalized spacial score (nSPS) is 15.5. The molecule has 0 fully saturated rings. The lowest BCUT2D eigenvalue weighted by molar-refractivity contribution is -0.139. The average molecular weight is 584 g/mol. The number of nitrogen functional groups attached to an aromatic ring is 1. The summed E-state index contributed by atoms with van der Waals surface area (Å²) in [6.07, 6.45) is 6.19. The number of anilines is 1. The van der Waals surface area contributed by atoms with Crippen molar-refractivity contribution in [1.29, 1.82) is 0 Å². The van der Waals surface area contributed by atoms with Gasteiger partial charge in [0.15, 0.2) is 0 Å². The molecule has 2 aromatic carbocycles. The molecule has 1 unspecified atom stereocenters. The summed E-state index contributed by atoms with van der Waals surface area (Å²) >= 11 is 0. The molecule has 0 aliphatic heterocycles. The zero-order valence-electron chi connectivity index (χ0n) is 26.1. The van der Waals surface area contributed by atoms with Crippen molar-refractivity contribution in [2.75, 3.05) is 19.9 Å². The summed E-state index contributed by atoms with van der Waals surface area (Å²) in [6.45, 7) is 9.88. The van der Waals surface area contributed by atoms with Gasteiger partial charge in [-0.2, -0.15) is 0 Å². The standard InChI is InChI=1S/C34H41N5O4/c1-20(2)32-37-29(26-17-14-22(18-28(40)42-7)24-10-8-9-11-25(24)26)30-31(35)36-19-27(39(30)32)21-12-15-23(16-13-21)38(6)33(41)43-34(3,4)5/h8-12,14,17,19-20,23H,13,15-16,18H2,1-7H3,(H2,35,36). The van der Waals surface area contributed by atoms with Gasteiger partial charge in [0.25, 0.3) is 0 Å². The highest BCUT2D eigenvalue weighted by atomic mass is 16.6. The molecule has 2 heterocycles.